The molecule has 0 unspecified atom stereocenters. The summed E-state index contributed by atoms with van der Waals surface area (Å²) in [6.45, 7) is 0. The number of halogens is 1. The Bertz CT molecular complexity index is 661. The number of ether oxygens (including phenoxy) is 1. The van der Waals surface area contributed by atoms with E-state index in [4.69, 9.17) is 14.9 Å². The molecule has 94 valence electrons. The molecule has 1 aromatic heterocycles. The van der Waals surface area contributed by atoms with Crippen LogP contribution >= 0.6 is 15.9 Å². The molecule has 1 aromatic carbocycles. The van der Waals surface area contributed by atoms with Crippen LogP contribution in [-0.4, -0.2) is 34.2 Å². The van der Waals surface area contributed by atoms with Gasteiger partial charge < -0.3 is 19.9 Å². The van der Waals surface area contributed by atoms with Crippen molar-refractivity contribution in [3.05, 3.63) is 27.9 Å². The van der Waals surface area contributed by atoms with Gasteiger partial charge in [-0.3, -0.25) is 0 Å². The van der Waals surface area contributed by atoms with Crippen LogP contribution < -0.4 is 4.74 Å². The lowest BCUT2D eigenvalue weighted by Gasteiger charge is -2.03. The van der Waals surface area contributed by atoms with Gasteiger partial charge >= 0.3 is 11.9 Å². The molecular formula is C11H8BrNO5. The fraction of sp³-hybridized carbons (Fsp3) is 0.0909. The normalized spacial score (nSPS) is 10.6. The molecule has 0 amide bonds. The van der Waals surface area contributed by atoms with Crippen molar-refractivity contribution in [2.75, 3.05) is 7.11 Å². The molecule has 18 heavy (non-hydrogen) atoms. The molecule has 0 saturated carbocycles. The molecule has 0 spiro atoms. The number of nitrogens with one attached hydrogen (secondary N) is 1. The topological polar surface area (TPSA) is 99.6 Å². The number of aromatic carboxylic acids is 2. The number of H-pyrrole nitrogens is 1. The Balaban J connectivity index is 2.86. The van der Waals surface area contributed by atoms with Gasteiger partial charge in [-0.2, -0.15) is 0 Å². The van der Waals surface area contributed by atoms with Crippen LogP contribution in [0.5, 0.6) is 5.75 Å². The quantitative estimate of drug-likeness (QED) is 0.807. The highest BCUT2D eigenvalue weighted by Gasteiger charge is 2.23. The number of hydrogen-bond acceptors (Lipinski definition) is 3. The summed E-state index contributed by atoms with van der Waals surface area (Å²) >= 11 is 3.25. The van der Waals surface area contributed by atoms with E-state index in [0.29, 0.717) is 21.1 Å². The van der Waals surface area contributed by atoms with Gasteiger partial charge in [0.25, 0.3) is 0 Å². The van der Waals surface area contributed by atoms with Gasteiger partial charge in [-0.1, -0.05) is 0 Å². The number of benzene rings is 1. The van der Waals surface area contributed by atoms with Gasteiger partial charge in [0.05, 0.1) is 17.1 Å². The molecule has 6 nitrogen and oxygen atoms in total. The van der Waals surface area contributed by atoms with Gasteiger partial charge in [0.15, 0.2) is 0 Å². The third kappa shape index (κ3) is 1.82. The van der Waals surface area contributed by atoms with Crippen molar-refractivity contribution < 1.29 is 24.5 Å². The van der Waals surface area contributed by atoms with E-state index in [-0.39, 0.29) is 11.3 Å². The maximum Gasteiger partial charge on any atom is 0.353 e. The summed E-state index contributed by atoms with van der Waals surface area (Å²) in [7, 11) is 1.44. The predicted octanol–water partition coefficient (Wildman–Crippen LogP) is 2.34. The first-order chi connectivity index (χ1) is 8.45. The maximum absolute atomic E-state index is 11.1. The molecule has 0 aliphatic heterocycles. The highest BCUT2D eigenvalue weighted by molar-refractivity contribution is 9.10. The summed E-state index contributed by atoms with van der Waals surface area (Å²) in [4.78, 5) is 24.7. The molecule has 0 radical (unpaired) electrons. The Morgan fingerprint density at radius 3 is 2.44 bits per heavy atom. The zero-order valence-electron chi connectivity index (χ0n) is 9.15. The number of carboxylic acids is 2. The predicted molar refractivity (Wildman–Crippen MR) is 66.5 cm³/mol. The minimum absolute atomic E-state index is 0.275. The molecule has 1 heterocycles. The van der Waals surface area contributed by atoms with Crippen LogP contribution in [0, 0.1) is 0 Å². The van der Waals surface area contributed by atoms with Crippen LogP contribution in [0.2, 0.25) is 0 Å². The largest absolute Gasteiger partial charge is 0.496 e. The zero-order chi connectivity index (χ0) is 13.4. The van der Waals surface area contributed by atoms with Gasteiger partial charge in [-0.25, -0.2) is 9.59 Å². The average Bonchev–Trinajstić information content (AvgIpc) is 2.66. The SMILES string of the molecule is COc1cc2c(C(=O)O)c(C(=O)O)[nH]c2cc1Br. The Morgan fingerprint density at radius 2 is 1.94 bits per heavy atom. The number of fused-ring (bicyclic) bond motifs is 1. The first-order valence-electron chi connectivity index (χ1n) is 4.81. The second-order valence-electron chi connectivity index (χ2n) is 3.52. The summed E-state index contributed by atoms with van der Waals surface area (Å²) in [6, 6.07) is 3.05. The van der Waals surface area contributed by atoms with E-state index in [0.717, 1.165) is 0 Å². The molecule has 2 rings (SSSR count). The van der Waals surface area contributed by atoms with Crippen LogP contribution in [0.3, 0.4) is 0 Å². The molecule has 0 atom stereocenters. The number of carbonyl (C=O) groups is 2. The summed E-state index contributed by atoms with van der Waals surface area (Å²) in [6.07, 6.45) is 0. The van der Waals surface area contributed by atoms with Crippen molar-refractivity contribution in [3.63, 3.8) is 0 Å². The molecule has 3 N–H and O–H groups in total. The first-order valence-corrected chi connectivity index (χ1v) is 5.60. The van der Waals surface area contributed by atoms with E-state index in [9.17, 15) is 9.59 Å². The lowest BCUT2D eigenvalue weighted by molar-refractivity contribution is 0.0650. The molecule has 2 aromatic rings. The maximum atomic E-state index is 11.1. The fourth-order valence-corrected chi connectivity index (χ4v) is 2.24. The Labute approximate surface area is 109 Å². The lowest BCUT2D eigenvalue weighted by Crippen LogP contribution is -2.06. The second kappa shape index (κ2) is 4.34. The van der Waals surface area contributed by atoms with Crippen LogP contribution in [0.15, 0.2) is 16.6 Å². The lowest BCUT2D eigenvalue weighted by atomic mass is 10.1. The summed E-state index contributed by atoms with van der Waals surface area (Å²) in [5.74, 6) is -2.19. The third-order valence-corrected chi connectivity index (χ3v) is 3.12. The molecule has 0 saturated heterocycles. The number of aromatic nitrogens is 1. The van der Waals surface area contributed by atoms with E-state index in [1.165, 1.54) is 13.2 Å². The minimum Gasteiger partial charge on any atom is -0.496 e. The highest BCUT2D eigenvalue weighted by Crippen LogP contribution is 2.33. The van der Waals surface area contributed by atoms with Crippen LogP contribution in [0.25, 0.3) is 10.9 Å². The molecule has 0 aliphatic rings. The molecule has 0 fully saturated rings. The van der Waals surface area contributed by atoms with E-state index in [1.54, 1.807) is 6.07 Å². The minimum atomic E-state index is -1.32. The Hall–Kier alpha value is -2.02. The van der Waals surface area contributed by atoms with Gasteiger partial charge in [0, 0.05) is 10.9 Å². The summed E-state index contributed by atoms with van der Waals surface area (Å²) < 4.78 is 5.66. The van der Waals surface area contributed by atoms with E-state index >= 15 is 0 Å². The molecule has 7 heteroatoms. The molecule has 0 aliphatic carbocycles. The van der Waals surface area contributed by atoms with Gasteiger partial charge in [-0.05, 0) is 28.1 Å². The number of carboxylic acid groups (broad SMARTS) is 2. The number of methoxy groups -OCH3 is 1. The zero-order valence-corrected chi connectivity index (χ0v) is 10.7. The second-order valence-corrected chi connectivity index (χ2v) is 4.37. The van der Waals surface area contributed by atoms with Crippen molar-refractivity contribution in [2.24, 2.45) is 0 Å². The number of rotatable bonds is 3. The van der Waals surface area contributed by atoms with Gasteiger partial charge in [0.1, 0.15) is 11.4 Å². The van der Waals surface area contributed by atoms with E-state index < -0.39 is 11.9 Å². The van der Waals surface area contributed by atoms with Crippen LogP contribution in [0.4, 0.5) is 0 Å². The average molecular weight is 314 g/mol. The monoisotopic (exact) mass is 313 g/mol. The standard InChI is InChI=1S/C11H8BrNO5/c1-18-7-2-4-6(3-5(7)12)13-9(11(16)17)8(4)10(14)15/h2-3,13H,1H3,(H,14,15)(H,16,17). The van der Waals surface area contributed by atoms with Crippen molar-refractivity contribution in [1.29, 1.82) is 0 Å². The molecule has 0 bridgehead atoms. The number of aromatic amines is 1. The summed E-state index contributed by atoms with van der Waals surface area (Å²) in [5.41, 5.74) is -0.210. The van der Waals surface area contributed by atoms with E-state index in [2.05, 4.69) is 20.9 Å². The summed E-state index contributed by atoms with van der Waals surface area (Å²) in [5, 5.41) is 18.4. The van der Waals surface area contributed by atoms with Gasteiger partial charge in [0.2, 0.25) is 0 Å². The Morgan fingerprint density at radius 1 is 1.28 bits per heavy atom. The van der Waals surface area contributed by atoms with Crippen molar-refractivity contribution in [3.8, 4) is 5.75 Å². The van der Waals surface area contributed by atoms with Crippen molar-refractivity contribution in [1.82, 2.24) is 4.98 Å². The van der Waals surface area contributed by atoms with Crippen molar-refractivity contribution in [2.45, 2.75) is 0 Å². The fourth-order valence-electron chi connectivity index (χ4n) is 1.73. The van der Waals surface area contributed by atoms with Crippen molar-refractivity contribution >= 4 is 38.8 Å². The Kier molecular flexibility index (Phi) is 3.00. The van der Waals surface area contributed by atoms with Crippen LogP contribution in [0.1, 0.15) is 20.8 Å². The molecular weight excluding hydrogens is 306 g/mol. The highest BCUT2D eigenvalue weighted by atomic mass is 79.9. The van der Waals surface area contributed by atoms with Gasteiger partial charge in [-0.15, -0.1) is 0 Å². The smallest absolute Gasteiger partial charge is 0.353 e. The van der Waals surface area contributed by atoms with Crippen LogP contribution in [-0.2, 0) is 0 Å². The third-order valence-electron chi connectivity index (χ3n) is 2.50. The van der Waals surface area contributed by atoms with E-state index in [1.807, 2.05) is 0 Å². The first kappa shape index (κ1) is 12.4. The number of hydrogen-bond donors (Lipinski definition) is 3.